The normalized spacial score (nSPS) is 11.1. The molecule has 2 heteroatoms. The third kappa shape index (κ3) is 16.4. The van der Waals surface area contributed by atoms with Gasteiger partial charge in [-0.05, 0) is 19.9 Å². The molecule has 1 nitrogen and oxygen atoms in total. The molecule has 0 atom stereocenters. The van der Waals surface area contributed by atoms with E-state index in [1.165, 1.54) is 38.5 Å². The fourth-order valence-electron chi connectivity index (χ4n) is 1.30. The Morgan fingerprint density at radius 1 is 0.933 bits per heavy atom. The summed E-state index contributed by atoms with van der Waals surface area (Å²) in [6, 6.07) is 0. The Morgan fingerprint density at radius 3 is 2.27 bits per heavy atom. The molecule has 0 aliphatic rings. The minimum atomic E-state index is 0. The zero-order valence-electron chi connectivity index (χ0n) is 10.2. The molecule has 0 unspecified atom stereocenters. The van der Waals surface area contributed by atoms with Crippen molar-refractivity contribution in [1.29, 1.82) is 0 Å². The van der Waals surface area contributed by atoms with Gasteiger partial charge in [0.05, 0.1) is 0 Å². The van der Waals surface area contributed by atoms with E-state index >= 15 is 0 Å². The van der Waals surface area contributed by atoms with Gasteiger partial charge in [0.25, 0.3) is 0 Å². The highest BCUT2D eigenvalue weighted by Gasteiger charge is 1.85. The number of nitrogens with one attached hydrogen (secondary N) is 1. The molecule has 0 amide bonds. The van der Waals surface area contributed by atoms with Gasteiger partial charge in [-0.15, -0.1) is 12.4 Å². The Morgan fingerprint density at radius 2 is 1.60 bits per heavy atom. The summed E-state index contributed by atoms with van der Waals surface area (Å²) in [7, 11) is 1.96. The summed E-state index contributed by atoms with van der Waals surface area (Å²) < 4.78 is 0. The zero-order valence-corrected chi connectivity index (χ0v) is 11.0. The van der Waals surface area contributed by atoms with Gasteiger partial charge in [0, 0.05) is 6.54 Å². The molecule has 0 heterocycles. The predicted octanol–water partition coefficient (Wildman–Crippen LogP) is 4.10. The molecule has 0 aromatic carbocycles. The number of rotatable bonds is 9. The monoisotopic (exact) mass is 231 g/mol. The fourth-order valence-corrected chi connectivity index (χ4v) is 1.30. The van der Waals surface area contributed by atoms with Gasteiger partial charge in [0.2, 0.25) is 0 Å². The van der Waals surface area contributed by atoms with E-state index in [0.29, 0.717) is 0 Å². The van der Waals surface area contributed by atoms with E-state index in [1.807, 2.05) is 7.05 Å². The number of allylic oxidation sites excluding steroid dienone is 3. The molecule has 0 radical (unpaired) electrons. The summed E-state index contributed by atoms with van der Waals surface area (Å²) in [6.45, 7) is 3.22. The molecule has 90 valence electrons. The van der Waals surface area contributed by atoms with Crippen LogP contribution in [0.15, 0.2) is 24.3 Å². The number of likely N-dealkylation sites (N-methyl/N-ethyl adjacent to an activating group) is 1. The maximum atomic E-state index is 3.07. The van der Waals surface area contributed by atoms with Crippen molar-refractivity contribution < 1.29 is 0 Å². The third-order valence-corrected chi connectivity index (χ3v) is 2.18. The van der Waals surface area contributed by atoms with Crippen LogP contribution in [0.3, 0.4) is 0 Å². The molecule has 0 saturated carbocycles. The number of hydrogen-bond acceptors (Lipinski definition) is 1. The second kappa shape index (κ2) is 16.2. The highest BCUT2D eigenvalue weighted by Crippen LogP contribution is 2.05. The summed E-state index contributed by atoms with van der Waals surface area (Å²) in [5.74, 6) is 0. The van der Waals surface area contributed by atoms with Gasteiger partial charge in [-0.2, -0.15) is 0 Å². The van der Waals surface area contributed by atoms with Gasteiger partial charge in [-0.25, -0.2) is 0 Å². The molecule has 0 aromatic rings. The van der Waals surface area contributed by atoms with Crippen LogP contribution in [0.5, 0.6) is 0 Å². The number of unbranched alkanes of at least 4 members (excludes halogenated alkanes) is 5. The van der Waals surface area contributed by atoms with E-state index in [-0.39, 0.29) is 12.4 Å². The molecular formula is C13H26ClN. The lowest BCUT2D eigenvalue weighted by molar-refractivity contribution is 0.637. The van der Waals surface area contributed by atoms with Crippen molar-refractivity contribution in [2.24, 2.45) is 0 Å². The van der Waals surface area contributed by atoms with Crippen LogP contribution in [-0.2, 0) is 0 Å². The molecule has 0 aliphatic heterocycles. The number of halogens is 1. The first kappa shape index (κ1) is 17.1. The van der Waals surface area contributed by atoms with Crippen LogP contribution in [0.1, 0.15) is 45.4 Å². The molecule has 0 rings (SSSR count). The Kier molecular flexibility index (Phi) is 18.5. The van der Waals surface area contributed by atoms with Crippen LogP contribution in [-0.4, -0.2) is 13.6 Å². The summed E-state index contributed by atoms with van der Waals surface area (Å²) in [4.78, 5) is 0. The Hall–Kier alpha value is -0.270. The smallest absolute Gasteiger partial charge is 0.0134 e. The van der Waals surface area contributed by atoms with Crippen LogP contribution in [0.25, 0.3) is 0 Å². The van der Waals surface area contributed by atoms with E-state index in [2.05, 4.69) is 36.5 Å². The molecule has 0 spiro atoms. The Balaban J connectivity index is 0. The minimum Gasteiger partial charge on any atom is -0.316 e. The van der Waals surface area contributed by atoms with Crippen molar-refractivity contribution >= 4 is 12.4 Å². The summed E-state index contributed by atoms with van der Waals surface area (Å²) >= 11 is 0. The van der Waals surface area contributed by atoms with Gasteiger partial charge in [-0.3, -0.25) is 0 Å². The van der Waals surface area contributed by atoms with Gasteiger partial charge in [0.15, 0.2) is 0 Å². The van der Waals surface area contributed by atoms with E-state index in [4.69, 9.17) is 0 Å². The highest BCUT2D eigenvalue weighted by atomic mass is 35.5. The Labute approximate surface area is 101 Å². The first-order chi connectivity index (χ1) is 6.91. The van der Waals surface area contributed by atoms with Crippen molar-refractivity contribution in [2.75, 3.05) is 13.6 Å². The van der Waals surface area contributed by atoms with E-state index < -0.39 is 0 Å². The second-order valence-corrected chi connectivity index (χ2v) is 3.62. The SMILES string of the molecule is CCCCCCC/C=C/C=C/CNC.Cl. The summed E-state index contributed by atoms with van der Waals surface area (Å²) in [6.07, 6.45) is 16.8. The Bertz CT molecular complexity index is 153. The van der Waals surface area contributed by atoms with Crippen molar-refractivity contribution in [3.63, 3.8) is 0 Å². The van der Waals surface area contributed by atoms with Gasteiger partial charge in [-0.1, -0.05) is 56.9 Å². The van der Waals surface area contributed by atoms with Crippen molar-refractivity contribution in [2.45, 2.75) is 45.4 Å². The molecule has 0 bridgehead atoms. The topological polar surface area (TPSA) is 12.0 Å². The number of hydrogen-bond donors (Lipinski definition) is 1. The molecule has 0 aliphatic carbocycles. The summed E-state index contributed by atoms with van der Waals surface area (Å²) in [5, 5.41) is 3.07. The third-order valence-electron chi connectivity index (χ3n) is 2.18. The van der Waals surface area contributed by atoms with E-state index in [9.17, 15) is 0 Å². The van der Waals surface area contributed by atoms with Crippen molar-refractivity contribution in [3.8, 4) is 0 Å². The molecule has 1 N–H and O–H groups in total. The van der Waals surface area contributed by atoms with Crippen LogP contribution < -0.4 is 5.32 Å². The van der Waals surface area contributed by atoms with Crippen LogP contribution in [0.4, 0.5) is 0 Å². The predicted molar refractivity (Wildman–Crippen MR) is 72.8 cm³/mol. The quantitative estimate of drug-likeness (QED) is 0.465. The van der Waals surface area contributed by atoms with E-state index in [1.54, 1.807) is 0 Å². The van der Waals surface area contributed by atoms with Crippen molar-refractivity contribution in [3.05, 3.63) is 24.3 Å². The van der Waals surface area contributed by atoms with Crippen LogP contribution in [0.2, 0.25) is 0 Å². The fraction of sp³-hybridized carbons (Fsp3) is 0.692. The lowest BCUT2D eigenvalue weighted by atomic mass is 10.1. The van der Waals surface area contributed by atoms with Crippen LogP contribution in [0, 0.1) is 0 Å². The molecule has 0 saturated heterocycles. The molecule has 15 heavy (non-hydrogen) atoms. The van der Waals surface area contributed by atoms with Gasteiger partial charge >= 0.3 is 0 Å². The average Bonchev–Trinajstić information content (AvgIpc) is 2.21. The lowest BCUT2D eigenvalue weighted by Gasteiger charge is -1.95. The standard InChI is InChI=1S/C13H25N.ClH/c1-3-4-5-6-7-8-9-10-11-12-13-14-2;/h9-12,14H,3-8,13H2,1-2H3;1H/b10-9+,12-11+;. The average molecular weight is 232 g/mol. The first-order valence-electron chi connectivity index (χ1n) is 5.88. The molecular weight excluding hydrogens is 206 g/mol. The van der Waals surface area contributed by atoms with Crippen LogP contribution >= 0.6 is 12.4 Å². The summed E-state index contributed by atoms with van der Waals surface area (Å²) in [5.41, 5.74) is 0. The molecule has 0 aromatic heterocycles. The maximum Gasteiger partial charge on any atom is 0.0134 e. The molecule has 0 fully saturated rings. The second-order valence-electron chi connectivity index (χ2n) is 3.62. The van der Waals surface area contributed by atoms with Crippen molar-refractivity contribution in [1.82, 2.24) is 5.32 Å². The van der Waals surface area contributed by atoms with Gasteiger partial charge in [0.1, 0.15) is 0 Å². The van der Waals surface area contributed by atoms with Gasteiger partial charge < -0.3 is 5.32 Å². The first-order valence-corrected chi connectivity index (χ1v) is 5.88. The lowest BCUT2D eigenvalue weighted by Crippen LogP contribution is -2.03. The highest BCUT2D eigenvalue weighted by molar-refractivity contribution is 5.85. The largest absolute Gasteiger partial charge is 0.316 e. The maximum absolute atomic E-state index is 3.07. The minimum absolute atomic E-state index is 0. The van der Waals surface area contributed by atoms with E-state index in [0.717, 1.165) is 6.54 Å². The zero-order chi connectivity index (χ0) is 10.5.